The molecular weight excluding hydrogens is 776 g/mol. The molecule has 3 N–H and O–H groups in total. The first-order valence-corrected chi connectivity index (χ1v) is 20.5. The van der Waals surface area contributed by atoms with Gasteiger partial charge in [0, 0.05) is 81.7 Å². The Morgan fingerprint density at radius 2 is 1.76 bits per heavy atom. The number of piperazine rings is 1. The van der Waals surface area contributed by atoms with Gasteiger partial charge in [-0.05, 0) is 78.8 Å². The van der Waals surface area contributed by atoms with Crippen molar-refractivity contribution in [2.75, 3.05) is 91.9 Å². The highest BCUT2D eigenvalue weighted by Crippen LogP contribution is 2.39. The zero-order valence-electron chi connectivity index (χ0n) is 28.8. The minimum Gasteiger partial charge on any atom is -0.508 e. The molecule has 0 spiro atoms. The van der Waals surface area contributed by atoms with Gasteiger partial charge in [0.25, 0.3) is 0 Å². The van der Waals surface area contributed by atoms with Gasteiger partial charge in [-0.25, -0.2) is 13.4 Å². The first-order chi connectivity index (χ1) is 23.5. The molecular formula is C34H48Br2N8O4S. The van der Waals surface area contributed by atoms with Gasteiger partial charge in [0.1, 0.15) is 17.3 Å². The molecule has 0 aliphatic carbocycles. The Morgan fingerprint density at radius 1 is 1.02 bits per heavy atom. The second kappa shape index (κ2) is 16.9. The Kier molecular flexibility index (Phi) is 12.9. The Labute approximate surface area is 307 Å². The van der Waals surface area contributed by atoms with E-state index in [1.165, 1.54) is 30.4 Å². The largest absolute Gasteiger partial charge is 0.508 e. The van der Waals surface area contributed by atoms with E-state index in [1.807, 2.05) is 0 Å². The fourth-order valence-corrected chi connectivity index (χ4v) is 7.64. The maximum absolute atomic E-state index is 12.3. The molecule has 12 nitrogen and oxygen atoms in total. The number of aromatic nitrogens is 2. The predicted octanol–water partition coefficient (Wildman–Crippen LogP) is 6.16. The van der Waals surface area contributed by atoms with E-state index in [9.17, 15) is 13.5 Å². The number of phenolic OH excluding ortho intramolecular Hbond substituents is 1. The number of aryl methyl sites for hydroxylation is 1. The molecule has 2 saturated heterocycles. The van der Waals surface area contributed by atoms with Crippen molar-refractivity contribution in [2.45, 2.75) is 44.6 Å². The van der Waals surface area contributed by atoms with Gasteiger partial charge in [-0.1, -0.05) is 22.4 Å². The monoisotopic (exact) mass is 822 g/mol. The average molecular weight is 825 g/mol. The minimum atomic E-state index is -3.59. The molecule has 2 aromatic carbocycles. The first kappa shape index (κ1) is 37.4. The van der Waals surface area contributed by atoms with E-state index in [-0.39, 0.29) is 11.4 Å². The summed E-state index contributed by atoms with van der Waals surface area (Å²) in [5, 5.41) is 17.7. The molecule has 0 unspecified atom stereocenters. The Balaban J connectivity index is 1.39. The molecule has 0 radical (unpaired) electrons. The summed E-state index contributed by atoms with van der Waals surface area (Å²) < 4.78 is 32.3. The number of phenols is 1. The highest BCUT2D eigenvalue weighted by molar-refractivity contribution is 9.10. The zero-order valence-corrected chi connectivity index (χ0v) is 32.7. The van der Waals surface area contributed by atoms with Gasteiger partial charge >= 0.3 is 0 Å². The van der Waals surface area contributed by atoms with E-state index in [0.717, 1.165) is 99.4 Å². The molecule has 2 aliphatic heterocycles. The molecule has 2 fully saturated rings. The summed E-state index contributed by atoms with van der Waals surface area (Å²) in [5.41, 5.74) is 3.98. The van der Waals surface area contributed by atoms with Gasteiger partial charge in [-0.3, -0.25) is 9.21 Å². The van der Waals surface area contributed by atoms with E-state index in [1.54, 1.807) is 19.4 Å². The van der Waals surface area contributed by atoms with Crippen LogP contribution in [0.1, 0.15) is 37.7 Å². The fraction of sp³-hybridized carbons (Fsp3) is 0.529. The maximum atomic E-state index is 12.3. The lowest BCUT2D eigenvalue weighted by atomic mass is 9.98. The highest BCUT2D eigenvalue weighted by atomic mass is 79.9. The summed E-state index contributed by atoms with van der Waals surface area (Å²) in [6, 6.07) is 9.44. The molecule has 0 amide bonds. The van der Waals surface area contributed by atoms with Crippen molar-refractivity contribution in [2.24, 2.45) is 0 Å². The van der Waals surface area contributed by atoms with Gasteiger partial charge in [0.05, 0.1) is 34.9 Å². The number of methoxy groups -OCH3 is 1. The van der Waals surface area contributed by atoms with Crippen LogP contribution in [0.4, 0.5) is 34.5 Å². The number of hydrogen-bond donors (Lipinski definition) is 3. The van der Waals surface area contributed by atoms with Gasteiger partial charge in [0.15, 0.2) is 0 Å². The second-order valence-corrected chi connectivity index (χ2v) is 16.5. The van der Waals surface area contributed by atoms with Crippen LogP contribution in [0.25, 0.3) is 0 Å². The maximum Gasteiger partial charge on any atom is 0.232 e. The summed E-state index contributed by atoms with van der Waals surface area (Å²) in [4.78, 5) is 16.9. The number of likely N-dealkylation sites (N-methyl/N-ethyl adjacent to an activating group) is 1. The third kappa shape index (κ3) is 9.69. The number of hydrogen-bond acceptors (Lipinski definition) is 11. The number of halogens is 2. The molecule has 2 aliphatic rings. The molecule has 3 heterocycles. The number of benzene rings is 2. The smallest absolute Gasteiger partial charge is 0.232 e. The Bertz CT molecular complexity index is 1680. The van der Waals surface area contributed by atoms with Crippen molar-refractivity contribution in [1.29, 1.82) is 0 Å². The number of aromatic hydroxyl groups is 1. The van der Waals surface area contributed by atoms with Crippen LogP contribution in [-0.2, 0) is 16.4 Å². The molecule has 0 saturated carbocycles. The van der Waals surface area contributed by atoms with E-state index < -0.39 is 10.0 Å². The number of anilines is 6. The summed E-state index contributed by atoms with van der Waals surface area (Å²) in [5.74, 6) is 1.40. The predicted molar refractivity (Wildman–Crippen MR) is 206 cm³/mol. The topological polar surface area (TPSA) is 126 Å². The normalized spacial score (nSPS) is 16.5. The van der Waals surface area contributed by atoms with Crippen LogP contribution in [-0.4, -0.2) is 111 Å². The number of rotatable bonds is 14. The number of ether oxygens (including phenoxy) is 1. The van der Waals surface area contributed by atoms with Crippen LogP contribution in [0.5, 0.6) is 11.5 Å². The van der Waals surface area contributed by atoms with Crippen LogP contribution in [0.2, 0.25) is 0 Å². The summed E-state index contributed by atoms with van der Waals surface area (Å²) in [6.45, 7) is 6.61. The SMILES string of the molecule is COc1cc(N2CCC(N3CCN(C)CC3)CC2)c(CCCCCBr)cc1Nc1ncc(Br)c(Nc2ccc(O)cc2N(C)S(C)(=O)=O)n1. The third-order valence-electron chi connectivity index (χ3n) is 9.40. The van der Waals surface area contributed by atoms with Crippen molar-refractivity contribution in [3.05, 3.63) is 46.6 Å². The second-order valence-electron chi connectivity index (χ2n) is 12.8. The number of alkyl halides is 1. The van der Waals surface area contributed by atoms with Crippen molar-refractivity contribution in [3.8, 4) is 11.5 Å². The highest BCUT2D eigenvalue weighted by Gasteiger charge is 2.28. The van der Waals surface area contributed by atoms with Crippen LogP contribution in [0.3, 0.4) is 0 Å². The quantitative estimate of drug-likeness (QED) is 0.0984. The lowest BCUT2D eigenvalue weighted by Crippen LogP contribution is -2.52. The van der Waals surface area contributed by atoms with Crippen molar-refractivity contribution in [3.63, 3.8) is 0 Å². The van der Waals surface area contributed by atoms with Crippen LogP contribution >= 0.6 is 31.9 Å². The van der Waals surface area contributed by atoms with Crippen LogP contribution in [0, 0.1) is 0 Å². The Hall–Kier alpha value is -2.85. The number of unbranched alkanes of at least 4 members (excludes halogenated alkanes) is 2. The molecule has 15 heteroatoms. The third-order valence-corrected chi connectivity index (χ3v) is 11.7. The van der Waals surface area contributed by atoms with E-state index in [2.05, 4.69) is 81.4 Å². The van der Waals surface area contributed by atoms with Crippen molar-refractivity contribution in [1.82, 2.24) is 19.8 Å². The summed E-state index contributed by atoms with van der Waals surface area (Å²) in [6.07, 6.45) is 9.36. The molecule has 49 heavy (non-hydrogen) atoms. The number of piperidine rings is 1. The van der Waals surface area contributed by atoms with Gasteiger partial charge < -0.3 is 30.3 Å². The Morgan fingerprint density at radius 3 is 2.43 bits per heavy atom. The lowest BCUT2D eigenvalue weighted by molar-refractivity contribution is 0.0982. The van der Waals surface area contributed by atoms with Crippen molar-refractivity contribution >= 4 is 76.4 Å². The number of sulfonamides is 1. The van der Waals surface area contributed by atoms with Crippen molar-refractivity contribution < 1.29 is 18.3 Å². The molecule has 0 bridgehead atoms. The first-order valence-electron chi connectivity index (χ1n) is 16.7. The fourth-order valence-electron chi connectivity index (χ4n) is 6.45. The standard InChI is InChI=1S/C34H48Br2N8O4S/c1-41-16-18-43(19-17-41)25-11-14-44(15-12-25)30-22-32(48-3)29(20-24(30)8-6-5-7-13-35)39-34-37-23-27(36)33(40-34)38-28-10-9-26(45)21-31(28)42(2)49(4,46)47/h9-10,20-23,25,45H,5-8,11-19H2,1-4H3,(H2,37,38,39,40). The zero-order chi connectivity index (χ0) is 35.1. The molecule has 0 atom stereocenters. The summed E-state index contributed by atoms with van der Waals surface area (Å²) in [7, 11) is 1.73. The summed E-state index contributed by atoms with van der Waals surface area (Å²) >= 11 is 7.09. The van der Waals surface area contributed by atoms with E-state index in [0.29, 0.717) is 33.7 Å². The lowest BCUT2D eigenvalue weighted by Gasteiger charge is -2.43. The van der Waals surface area contributed by atoms with E-state index >= 15 is 0 Å². The number of nitrogens with one attached hydrogen (secondary N) is 2. The van der Waals surface area contributed by atoms with Gasteiger partial charge in [0.2, 0.25) is 16.0 Å². The molecule has 3 aromatic rings. The van der Waals surface area contributed by atoms with Gasteiger partial charge in [-0.15, -0.1) is 0 Å². The van der Waals surface area contributed by atoms with Crippen LogP contribution < -0.4 is 24.6 Å². The number of nitrogens with zero attached hydrogens (tertiary/aromatic N) is 6. The minimum absolute atomic E-state index is 0.0573. The van der Waals surface area contributed by atoms with Crippen LogP contribution in [0.15, 0.2) is 41.0 Å². The molecule has 5 rings (SSSR count). The molecule has 1 aromatic heterocycles. The molecule has 268 valence electrons. The van der Waals surface area contributed by atoms with E-state index in [4.69, 9.17) is 9.72 Å². The van der Waals surface area contributed by atoms with Gasteiger partial charge in [-0.2, -0.15) is 4.98 Å². The average Bonchev–Trinajstić information content (AvgIpc) is 3.08.